The molecule has 0 amide bonds. The SMILES string of the molecule is CCc1nc(NS(=O)(=O)c2ccc(C#N)s2)sc1C. The van der Waals surface area contributed by atoms with Gasteiger partial charge in [-0.2, -0.15) is 5.26 Å². The fraction of sp³-hybridized carbons (Fsp3) is 0.273. The molecule has 100 valence electrons. The first-order chi connectivity index (χ1) is 8.96. The van der Waals surface area contributed by atoms with Gasteiger partial charge in [0.05, 0.1) is 5.69 Å². The van der Waals surface area contributed by atoms with Crippen LogP contribution in [0.15, 0.2) is 16.3 Å². The van der Waals surface area contributed by atoms with Crippen LogP contribution in [0.4, 0.5) is 5.13 Å². The van der Waals surface area contributed by atoms with Crippen molar-refractivity contribution < 1.29 is 8.42 Å². The largest absolute Gasteiger partial charge is 0.273 e. The number of rotatable bonds is 4. The standard InChI is InChI=1S/C11H11N3O2S3/c1-3-9-7(2)17-11(13-9)14-19(15,16)10-5-4-8(6-12)18-10/h4-5H,3H2,1-2H3,(H,13,14). The van der Waals surface area contributed by atoms with E-state index < -0.39 is 10.0 Å². The molecule has 2 aromatic rings. The Morgan fingerprint density at radius 1 is 1.42 bits per heavy atom. The number of hydrogen-bond acceptors (Lipinski definition) is 6. The lowest BCUT2D eigenvalue weighted by Crippen LogP contribution is -2.11. The van der Waals surface area contributed by atoms with Crippen LogP contribution in [0.3, 0.4) is 0 Å². The average Bonchev–Trinajstić information content (AvgIpc) is 2.95. The minimum Gasteiger partial charge on any atom is -0.254 e. The first-order valence-corrected chi connectivity index (χ1v) is 8.57. The lowest BCUT2D eigenvalue weighted by Gasteiger charge is -2.01. The smallest absolute Gasteiger partial charge is 0.254 e. The molecule has 0 radical (unpaired) electrons. The number of nitrogens with one attached hydrogen (secondary N) is 1. The van der Waals surface area contributed by atoms with Crippen molar-refractivity contribution in [3.8, 4) is 6.07 Å². The van der Waals surface area contributed by atoms with Crippen molar-refractivity contribution in [2.75, 3.05) is 4.72 Å². The number of anilines is 1. The zero-order chi connectivity index (χ0) is 14.0. The molecule has 0 unspecified atom stereocenters. The molecule has 5 nitrogen and oxygen atoms in total. The van der Waals surface area contributed by atoms with E-state index >= 15 is 0 Å². The predicted octanol–water partition coefficient (Wildman–Crippen LogP) is 2.75. The Morgan fingerprint density at radius 2 is 2.16 bits per heavy atom. The van der Waals surface area contributed by atoms with E-state index in [1.54, 1.807) is 0 Å². The maximum absolute atomic E-state index is 12.1. The van der Waals surface area contributed by atoms with Gasteiger partial charge in [0.15, 0.2) is 5.13 Å². The maximum Gasteiger partial charge on any atom is 0.273 e. The van der Waals surface area contributed by atoms with Crippen molar-refractivity contribution in [2.45, 2.75) is 24.5 Å². The lowest BCUT2D eigenvalue weighted by atomic mass is 10.3. The van der Waals surface area contributed by atoms with Crippen molar-refractivity contribution >= 4 is 37.8 Å². The number of thiophene rings is 1. The molecule has 0 saturated heterocycles. The quantitative estimate of drug-likeness (QED) is 0.940. The molecule has 8 heteroatoms. The molecule has 1 N–H and O–H groups in total. The van der Waals surface area contributed by atoms with E-state index in [2.05, 4.69) is 9.71 Å². The van der Waals surface area contributed by atoms with Crippen LogP contribution in [0, 0.1) is 18.3 Å². The molecule has 0 aromatic carbocycles. The topological polar surface area (TPSA) is 82.8 Å². The number of sulfonamides is 1. The molecule has 0 fully saturated rings. The summed E-state index contributed by atoms with van der Waals surface area (Å²) in [6.07, 6.45) is 0.766. The second-order valence-corrected chi connectivity index (χ2v) is 7.91. The number of thiazole rings is 1. The highest BCUT2D eigenvalue weighted by Crippen LogP contribution is 2.27. The Labute approximate surface area is 119 Å². The van der Waals surface area contributed by atoms with Gasteiger partial charge in [0.25, 0.3) is 10.0 Å². The van der Waals surface area contributed by atoms with Crippen LogP contribution in [0.5, 0.6) is 0 Å². The highest BCUT2D eigenvalue weighted by molar-refractivity contribution is 7.94. The van der Waals surface area contributed by atoms with E-state index in [9.17, 15) is 8.42 Å². The number of nitrogens with zero attached hydrogens (tertiary/aromatic N) is 2. The number of hydrogen-bond donors (Lipinski definition) is 1. The molecule has 2 rings (SSSR count). The van der Waals surface area contributed by atoms with Gasteiger partial charge in [-0.1, -0.05) is 6.92 Å². The Kier molecular flexibility index (Phi) is 3.89. The third-order valence-electron chi connectivity index (χ3n) is 2.41. The molecule has 0 saturated carbocycles. The highest BCUT2D eigenvalue weighted by Gasteiger charge is 2.19. The first kappa shape index (κ1) is 14.0. The van der Waals surface area contributed by atoms with E-state index in [-0.39, 0.29) is 4.21 Å². The van der Waals surface area contributed by atoms with Gasteiger partial charge in [0.2, 0.25) is 0 Å². The average molecular weight is 313 g/mol. The number of aromatic nitrogens is 1. The van der Waals surface area contributed by atoms with Crippen molar-refractivity contribution in [1.82, 2.24) is 4.98 Å². The third-order valence-corrected chi connectivity index (χ3v) is 6.28. The van der Waals surface area contributed by atoms with Crippen LogP contribution < -0.4 is 4.72 Å². The van der Waals surface area contributed by atoms with Crippen molar-refractivity contribution in [1.29, 1.82) is 5.26 Å². The molecular formula is C11H11N3O2S3. The summed E-state index contributed by atoms with van der Waals surface area (Å²) >= 11 is 2.25. The Balaban J connectivity index is 2.28. The molecule has 2 aromatic heterocycles. The van der Waals surface area contributed by atoms with Gasteiger partial charge in [-0.3, -0.25) is 4.72 Å². The van der Waals surface area contributed by atoms with Gasteiger partial charge < -0.3 is 0 Å². The molecular weight excluding hydrogens is 302 g/mol. The monoisotopic (exact) mass is 313 g/mol. The van der Waals surface area contributed by atoms with Crippen LogP contribution in [-0.4, -0.2) is 13.4 Å². The molecule has 0 aliphatic carbocycles. The van der Waals surface area contributed by atoms with Crippen molar-refractivity contribution in [3.63, 3.8) is 0 Å². The summed E-state index contributed by atoms with van der Waals surface area (Å²) < 4.78 is 26.8. The molecule has 2 heterocycles. The molecule has 0 aliphatic rings. The van der Waals surface area contributed by atoms with E-state index in [0.29, 0.717) is 10.0 Å². The third kappa shape index (κ3) is 2.94. The summed E-state index contributed by atoms with van der Waals surface area (Å²) in [5, 5.41) is 9.08. The van der Waals surface area contributed by atoms with Gasteiger partial charge in [-0.05, 0) is 25.5 Å². The predicted molar refractivity (Wildman–Crippen MR) is 76.1 cm³/mol. The fourth-order valence-electron chi connectivity index (χ4n) is 1.49. The fourth-order valence-corrected chi connectivity index (χ4v) is 4.73. The van der Waals surface area contributed by atoms with Gasteiger partial charge in [0, 0.05) is 4.88 Å². The molecule has 0 atom stereocenters. The summed E-state index contributed by atoms with van der Waals surface area (Å²) in [7, 11) is -3.65. The van der Waals surface area contributed by atoms with Gasteiger partial charge in [0.1, 0.15) is 15.2 Å². The second kappa shape index (κ2) is 5.28. The summed E-state index contributed by atoms with van der Waals surface area (Å²) in [6.45, 7) is 3.88. The minimum atomic E-state index is -3.65. The summed E-state index contributed by atoms with van der Waals surface area (Å²) in [6, 6.07) is 4.83. The summed E-state index contributed by atoms with van der Waals surface area (Å²) in [5.41, 5.74) is 0.895. The molecule has 0 bridgehead atoms. The Bertz CT molecular complexity index is 738. The van der Waals surface area contributed by atoms with E-state index in [4.69, 9.17) is 5.26 Å². The van der Waals surface area contributed by atoms with Crippen LogP contribution >= 0.6 is 22.7 Å². The first-order valence-electron chi connectivity index (χ1n) is 5.45. The second-order valence-electron chi connectivity index (χ2n) is 3.71. The van der Waals surface area contributed by atoms with Crippen molar-refractivity contribution in [3.05, 3.63) is 27.6 Å². The van der Waals surface area contributed by atoms with Crippen LogP contribution in [-0.2, 0) is 16.4 Å². The van der Waals surface area contributed by atoms with Gasteiger partial charge in [-0.15, -0.1) is 22.7 Å². The Morgan fingerprint density at radius 3 is 2.68 bits per heavy atom. The van der Waals surface area contributed by atoms with Crippen LogP contribution in [0.2, 0.25) is 0 Å². The number of aryl methyl sites for hydroxylation is 2. The normalized spacial score (nSPS) is 11.2. The van der Waals surface area contributed by atoms with Crippen LogP contribution in [0.25, 0.3) is 0 Å². The Hall–Kier alpha value is -1.43. The van der Waals surface area contributed by atoms with Crippen LogP contribution in [0.1, 0.15) is 22.4 Å². The lowest BCUT2D eigenvalue weighted by molar-refractivity contribution is 0.603. The molecule has 19 heavy (non-hydrogen) atoms. The highest BCUT2D eigenvalue weighted by atomic mass is 32.2. The number of nitriles is 1. The van der Waals surface area contributed by atoms with Crippen molar-refractivity contribution in [2.24, 2.45) is 0 Å². The van der Waals surface area contributed by atoms with E-state index in [0.717, 1.165) is 28.3 Å². The van der Waals surface area contributed by atoms with Gasteiger partial charge >= 0.3 is 0 Å². The zero-order valence-electron chi connectivity index (χ0n) is 10.3. The van der Waals surface area contributed by atoms with E-state index in [1.807, 2.05) is 19.9 Å². The molecule has 0 aliphatic heterocycles. The summed E-state index contributed by atoms with van der Waals surface area (Å²) in [4.78, 5) is 5.60. The maximum atomic E-state index is 12.1. The minimum absolute atomic E-state index is 0.120. The van der Waals surface area contributed by atoms with E-state index in [1.165, 1.54) is 23.5 Å². The van der Waals surface area contributed by atoms with Gasteiger partial charge in [-0.25, -0.2) is 13.4 Å². The summed E-state index contributed by atoms with van der Waals surface area (Å²) in [5.74, 6) is 0. The molecule has 0 spiro atoms. The zero-order valence-corrected chi connectivity index (χ0v) is 12.7.